The molecule has 148 valence electrons. The largest absolute Gasteiger partial charge is 0.492 e. The monoisotopic (exact) mass is 362 g/mol. The van der Waals surface area contributed by atoms with Gasteiger partial charge in [0.15, 0.2) is 0 Å². The smallest absolute Gasteiger partial charge is 0.226 e. The highest BCUT2D eigenvalue weighted by atomic mass is 16.5. The van der Waals surface area contributed by atoms with Crippen LogP contribution in [0.1, 0.15) is 53.0 Å². The molecule has 1 aromatic rings. The Balaban J connectivity index is 0.00000163. The van der Waals surface area contributed by atoms with E-state index in [1.165, 1.54) is 0 Å². The standard InChI is InChI=1S/C20H32N2O2.C2H6/c1-4-21(5-2)14-15-24-19-8-6-18(7-9-19)16-20(23)22-12-10-17(3)11-13-22;1-2/h6-9,17H,4-5,10-16H2,1-3H3;1-2H3. The van der Waals surface area contributed by atoms with Gasteiger partial charge in [-0.1, -0.05) is 46.8 Å². The number of hydrogen-bond acceptors (Lipinski definition) is 3. The average molecular weight is 363 g/mol. The summed E-state index contributed by atoms with van der Waals surface area (Å²) in [5.41, 5.74) is 1.06. The van der Waals surface area contributed by atoms with Crippen LogP contribution in [0.2, 0.25) is 0 Å². The van der Waals surface area contributed by atoms with Gasteiger partial charge in [-0.05, 0) is 49.5 Å². The fraction of sp³-hybridized carbons (Fsp3) is 0.682. The van der Waals surface area contributed by atoms with Crippen LogP contribution in [0.3, 0.4) is 0 Å². The van der Waals surface area contributed by atoms with Gasteiger partial charge in [-0.3, -0.25) is 4.79 Å². The third kappa shape index (κ3) is 7.77. The summed E-state index contributed by atoms with van der Waals surface area (Å²) in [4.78, 5) is 16.7. The molecule has 1 heterocycles. The number of likely N-dealkylation sites (N-methyl/N-ethyl adjacent to an activating group) is 1. The molecule has 1 amide bonds. The summed E-state index contributed by atoms with van der Waals surface area (Å²) in [7, 11) is 0. The van der Waals surface area contributed by atoms with Crippen molar-refractivity contribution in [1.82, 2.24) is 9.80 Å². The molecule has 2 rings (SSSR count). The van der Waals surface area contributed by atoms with Crippen LogP contribution >= 0.6 is 0 Å². The van der Waals surface area contributed by atoms with Gasteiger partial charge in [-0.2, -0.15) is 0 Å². The highest BCUT2D eigenvalue weighted by Gasteiger charge is 2.20. The van der Waals surface area contributed by atoms with Crippen molar-refractivity contribution >= 4 is 5.91 Å². The zero-order chi connectivity index (χ0) is 19.4. The molecule has 4 nitrogen and oxygen atoms in total. The summed E-state index contributed by atoms with van der Waals surface area (Å²) in [6.45, 7) is 16.2. The second-order valence-electron chi connectivity index (χ2n) is 6.76. The predicted octanol–water partition coefficient (Wildman–Crippen LogP) is 4.23. The van der Waals surface area contributed by atoms with E-state index in [0.717, 1.165) is 62.8 Å². The van der Waals surface area contributed by atoms with Crippen molar-refractivity contribution in [2.45, 2.75) is 53.9 Å². The molecule has 0 saturated carbocycles. The SMILES string of the molecule is CC.CCN(CC)CCOc1ccc(CC(=O)N2CCC(C)CC2)cc1. The van der Waals surface area contributed by atoms with Gasteiger partial charge in [0.1, 0.15) is 12.4 Å². The van der Waals surface area contributed by atoms with Gasteiger partial charge >= 0.3 is 0 Å². The first kappa shape index (κ1) is 22.5. The fourth-order valence-corrected chi connectivity index (χ4v) is 3.08. The first-order valence-corrected chi connectivity index (χ1v) is 10.3. The van der Waals surface area contributed by atoms with Gasteiger partial charge in [0.2, 0.25) is 5.91 Å². The number of carbonyl (C=O) groups excluding carboxylic acids is 1. The molecule has 0 atom stereocenters. The van der Waals surface area contributed by atoms with E-state index in [2.05, 4.69) is 25.7 Å². The third-order valence-corrected chi connectivity index (χ3v) is 4.99. The van der Waals surface area contributed by atoms with Crippen molar-refractivity contribution in [3.8, 4) is 5.75 Å². The van der Waals surface area contributed by atoms with Crippen molar-refractivity contribution in [2.24, 2.45) is 5.92 Å². The maximum absolute atomic E-state index is 12.4. The van der Waals surface area contributed by atoms with Crippen LogP contribution in [0.25, 0.3) is 0 Å². The normalized spacial score (nSPS) is 14.8. The van der Waals surface area contributed by atoms with Crippen LogP contribution < -0.4 is 4.74 Å². The van der Waals surface area contributed by atoms with Gasteiger partial charge < -0.3 is 14.5 Å². The molecule has 0 N–H and O–H groups in total. The first-order valence-electron chi connectivity index (χ1n) is 10.3. The Kier molecular flexibility index (Phi) is 11.0. The molecular weight excluding hydrogens is 324 g/mol. The van der Waals surface area contributed by atoms with E-state index in [1.807, 2.05) is 43.0 Å². The minimum atomic E-state index is 0.247. The van der Waals surface area contributed by atoms with Crippen LogP contribution in [-0.2, 0) is 11.2 Å². The molecule has 4 heteroatoms. The van der Waals surface area contributed by atoms with Gasteiger partial charge in [0, 0.05) is 19.6 Å². The minimum Gasteiger partial charge on any atom is -0.492 e. The summed E-state index contributed by atoms with van der Waals surface area (Å²) in [6.07, 6.45) is 2.75. The molecule has 0 bridgehead atoms. The zero-order valence-corrected chi connectivity index (χ0v) is 17.5. The van der Waals surface area contributed by atoms with Gasteiger partial charge in [0.05, 0.1) is 6.42 Å². The lowest BCUT2D eigenvalue weighted by Gasteiger charge is -2.30. The van der Waals surface area contributed by atoms with Crippen molar-refractivity contribution in [3.63, 3.8) is 0 Å². The summed E-state index contributed by atoms with van der Waals surface area (Å²) < 4.78 is 5.79. The molecule has 1 aliphatic heterocycles. The predicted molar refractivity (Wildman–Crippen MR) is 110 cm³/mol. The van der Waals surface area contributed by atoms with Crippen LogP contribution in [0.5, 0.6) is 5.75 Å². The van der Waals surface area contributed by atoms with Crippen molar-refractivity contribution < 1.29 is 9.53 Å². The third-order valence-electron chi connectivity index (χ3n) is 4.99. The molecule has 0 spiro atoms. The maximum atomic E-state index is 12.4. The summed E-state index contributed by atoms with van der Waals surface area (Å²) >= 11 is 0. The van der Waals surface area contributed by atoms with E-state index in [0.29, 0.717) is 13.0 Å². The molecule has 0 unspecified atom stereocenters. The number of nitrogens with zero attached hydrogens (tertiary/aromatic N) is 2. The Morgan fingerprint density at radius 2 is 1.69 bits per heavy atom. The van der Waals surface area contributed by atoms with E-state index in [4.69, 9.17) is 4.74 Å². The number of rotatable bonds is 8. The highest BCUT2D eigenvalue weighted by molar-refractivity contribution is 5.78. The number of ether oxygens (including phenoxy) is 1. The highest BCUT2D eigenvalue weighted by Crippen LogP contribution is 2.18. The van der Waals surface area contributed by atoms with Gasteiger partial charge in [-0.25, -0.2) is 0 Å². The lowest BCUT2D eigenvalue weighted by Crippen LogP contribution is -2.38. The quantitative estimate of drug-likeness (QED) is 0.693. The molecular formula is C22H38N2O2. The molecule has 1 fully saturated rings. The summed E-state index contributed by atoms with van der Waals surface area (Å²) in [5, 5.41) is 0. The average Bonchev–Trinajstić information content (AvgIpc) is 2.68. The number of amides is 1. The topological polar surface area (TPSA) is 32.8 Å². The summed E-state index contributed by atoms with van der Waals surface area (Å²) in [6, 6.07) is 7.97. The molecule has 0 aromatic heterocycles. The van der Waals surface area contributed by atoms with E-state index < -0.39 is 0 Å². The maximum Gasteiger partial charge on any atom is 0.226 e. The van der Waals surface area contributed by atoms with E-state index >= 15 is 0 Å². The fourth-order valence-electron chi connectivity index (χ4n) is 3.08. The number of likely N-dealkylation sites (tertiary alicyclic amines) is 1. The first-order chi connectivity index (χ1) is 12.6. The zero-order valence-electron chi connectivity index (χ0n) is 17.5. The van der Waals surface area contributed by atoms with Crippen LogP contribution in [0, 0.1) is 5.92 Å². The Hall–Kier alpha value is -1.55. The van der Waals surface area contributed by atoms with Crippen LogP contribution in [0.4, 0.5) is 0 Å². The van der Waals surface area contributed by atoms with Crippen LogP contribution in [-0.4, -0.2) is 55.0 Å². The van der Waals surface area contributed by atoms with Gasteiger partial charge in [0.25, 0.3) is 0 Å². The number of piperidine rings is 1. The lowest BCUT2D eigenvalue weighted by atomic mass is 9.98. The molecule has 1 saturated heterocycles. The second-order valence-corrected chi connectivity index (χ2v) is 6.76. The Morgan fingerprint density at radius 3 is 2.23 bits per heavy atom. The number of hydrogen-bond donors (Lipinski definition) is 0. The molecule has 0 radical (unpaired) electrons. The lowest BCUT2D eigenvalue weighted by molar-refractivity contribution is -0.131. The van der Waals surface area contributed by atoms with Crippen LogP contribution in [0.15, 0.2) is 24.3 Å². The number of carbonyl (C=O) groups is 1. The molecule has 26 heavy (non-hydrogen) atoms. The van der Waals surface area contributed by atoms with Gasteiger partial charge in [-0.15, -0.1) is 0 Å². The molecule has 1 aliphatic rings. The Labute approximate surface area is 160 Å². The Morgan fingerprint density at radius 1 is 1.12 bits per heavy atom. The van der Waals surface area contributed by atoms with Crippen molar-refractivity contribution in [1.29, 1.82) is 0 Å². The van der Waals surface area contributed by atoms with Crippen molar-refractivity contribution in [2.75, 3.05) is 39.3 Å². The Bertz CT molecular complexity index is 489. The number of benzene rings is 1. The van der Waals surface area contributed by atoms with E-state index in [-0.39, 0.29) is 5.91 Å². The molecule has 0 aliphatic carbocycles. The summed E-state index contributed by atoms with van der Waals surface area (Å²) in [5.74, 6) is 1.88. The van der Waals surface area contributed by atoms with E-state index in [9.17, 15) is 4.79 Å². The molecule has 1 aromatic carbocycles. The second kappa shape index (κ2) is 12.7. The van der Waals surface area contributed by atoms with Crippen molar-refractivity contribution in [3.05, 3.63) is 29.8 Å². The van der Waals surface area contributed by atoms with E-state index in [1.54, 1.807) is 0 Å². The minimum absolute atomic E-state index is 0.247.